The van der Waals surface area contributed by atoms with Gasteiger partial charge in [0.2, 0.25) is 5.89 Å². The van der Waals surface area contributed by atoms with E-state index in [9.17, 15) is 9.00 Å². The van der Waals surface area contributed by atoms with Crippen LogP contribution >= 0.6 is 11.6 Å². The van der Waals surface area contributed by atoms with E-state index in [1.807, 2.05) is 19.9 Å². The Labute approximate surface area is 167 Å². The molecular formula is C19H15ClN4O3S. The molecule has 3 heterocycles. The molecule has 1 unspecified atom stereocenters. The zero-order valence-electron chi connectivity index (χ0n) is 15.3. The van der Waals surface area contributed by atoms with Gasteiger partial charge >= 0.3 is 5.63 Å². The summed E-state index contributed by atoms with van der Waals surface area (Å²) in [5.41, 5.74) is 2.16. The molecule has 4 rings (SSSR count). The molecule has 0 fully saturated rings. The van der Waals surface area contributed by atoms with Gasteiger partial charge in [-0.3, -0.25) is 4.21 Å². The largest absolute Gasteiger partial charge is 0.401 e. The van der Waals surface area contributed by atoms with Crippen LogP contribution < -0.4 is 5.63 Å². The fraction of sp³-hybridized carbons (Fsp3) is 0.158. The second kappa shape index (κ2) is 6.96. The van der Waals surface area contributed by atoms with Crippen LogP contribution in [0.4, 0.5) is 0 Å². The van der Waals surface area contributed by atoms with Crippen molar-refractivity contribution in [3.05, 3.63) is 63.1 Å². The van der Waals surface area contributed by atoms with Gasteiger partial charge in [-0.1, -0.05) is 17.7 Å². The Morgan fingerprint density at radius 3 is 2.71 bits per heavy atom. The molecule has 4 aromatic rings. The van der Waals surface area contributed by atoms with E-state index in [4.69, 9.17) is 16.0 Å². The number of aryl methyl sites for hydroxylation is 2. The first-order chi connectivity index (χ1) is 13.3. The van der Waals surface area contributed by atoms with E-state index in [0.29, 0.717) is 32.5 Å². The Morgan fingerprint density at radius 1 is 1.21 bits per heavy atom. The minimum Gasteiger partial charge on any atom is -0.401 e. The lowest BCUT2D eigenvalue weighted by Gasteiger charge is -2.08. The van der Waals surface area contributed by atoms with Crippen LogP contribution in [0.2, 0.25) is 5.02 Å². The first kappa shape index (κ1) is 18.5. The van der Waals surface area contributed by atoms with Gasteiger partial charge in [-0.2, -0.15) is 5.10 Å². The molecule has 0 N–H and O–H groups in total. The molecule has 0 saturated carbocycles. The molecule has 0 saturated heterocycles. The summed E-state index contributed by atoms with van der Waals surface area (Å²) < 4.78 is 18.9. The lowest BCUT2D eigenvalue weighted by molar-refractivity contribution is 0.513. The van der Waals surface area contributed by atoms with E-state index in [1.54, 1.807) is 30.5 Å². The third-order valence-corrected chi connectivity index (χ3v) is 5.29. The third-order valence-electron chi connectivity index (χ3n) is 4.21. The second-order valence-electron chi connectivity index (χ2n) is 6.33. The van der Waals surface area contributed by atoms with E-state index in [1.165, 1.54) is 10.9 Å². The van der Waals surface area contributed by atoms with Gasteiger partial charge in [0.15, 0.2) is 5.82 Å². The highest BCUT2D eigenvalue weighted by Crippen LogP contribution is 2.27. The van der Waals surface area contributed by atoms with Crippen molar-refractivity contribution in [1.29, 1.82) is 0 Å². The minimum absolute atomic E-state index is 0.0513. The summed E-state index contributed by atoms with van der Waals surface area (Å²) in [6.07, 6.45) is 3.07. The number of aromatic nitrogens is 4. The van der Waals surface area contributed by atoms with Gasteiger partial charge in [-0.05, 0) is 43.2 Å². The summed E-state index contributed by atoms with van der Waals surface area (Å²) in [7, 11) is -1.36. The summed E-state index contributed by atoms with van der Waals surface area (Å²) in [4.78, 5) is 21.4. The van der Waals surface area contributed by atoms with Crippen molar-refractivity contribution in [2.24, 2.45) is 0 Å². The molecule has 0 radical (unpaired) electrons. The van der Waals surface area contributed by atoms with Gasteiger partial charge in [0.1, 0.15) is 10.7 Å². The van der Waals surface area contributed by atoms with Gasteiger partial charge in [0, 0.05) is 18.5 Å². The van der Waals surface area contributed by atoms with Crippen LogP contribution in [0.25, 0.3) is 28.3 Å². The highest BCUT2D eigenvalue weighted by atomic mass is 35.5. The normalized spacial score (nSPS) is 12.4. The summed E-state index contributed by atoms with van der Waals surface area (Å²) in [6.45, 7) is 3.78. The Balaban J connectivity index is 2.03. The number of fused-ring (bicyclic) bond motifs is 1. The van der Waals surface area contributed by atoms with Crippen LogP contribution in [0.15, 0.2) is 50.8 Å². The highest BCUT2D eigenvalue weighted by molar-refractivity contribution is 7.84. The summed E-state index contributed by atoms with van der Waals surface area (Å²) in [6, 6.07) is 8.59. The van der Waals surface area contributed by atoms with Gasteiger partial charge in [0.05, 0.1) is 26.7 Å². The first-order valence-electron chi connectivity index (χ1n) is 8.32. The van der Waals surface area contributed by atoms with Gasteiger partial charge < -0.3 is 4.42 Å². The number of halogens is 1. The molecule has 9 heteroatoms. The molecule has 0 aliphatic heterocycles. The maximum atomic E-state index is 12.6. The number of nitrogens with zero attached hydrogens (tertiary/aromatic N) is 4. The fourth-order valence-electron chi connectivity index (χ4n) is 2.99. The molecule has 1 atom stereocenters. The quantitative estimate of drug-likeness (QED) is 0.510. The smallest absolute Gasteiger partial charge is 0.347 e. The summed E-state index contributed by atoms with van der Waals surface area (Å²) in [5, 5.41) is 5.37. The molecule has 3 aromatic heterocycles. The first-order valence-corrected chi connectivity index (χ1v) is 10.3. The maximum absolute atomic E-state index is 12.6. The SMILES string of the molecule is Cc1cc(C)c2nc(-c3cc(S(C)=O)nn3-c3ncccc3Cl)oc(=O)c2c1. The molecule has 0 spiro atoms. The zero-order chi connectivity index (χ0) is 20.0. The van der Waals surface area contributed by atoms with Crippen molar-refractivity contribution in [3.8, 4) is 17.4 Å². The molecule has 142 valence electrons. The number of hydrogen-bond donors (Lipinski definition) is 0. The topological polar surface area (TPSA) is 90.9 Å². The average molecular weight is 415 g/mol. The second-order valence-corrected chi connectivity index (χ2v) is 8.06. The number of hydrogen-bond acceptors (Lipinski definition) is 6. The maximum Gasteiger partial charge on any atom is 0.347 e. The lowest BCUT2D eigenvalue weighted by Crippen LogP contribution is -2.08. The van der Waals surface area contributed by atoms with Crippen LogP contribution in [-0.2, 0) is 10.8 Å². The number of rotatable bonds is 3. The van der Waals surface area contributed by atoms with E-state index >= 15 is 0 Å². The molecule has 7 nitrogen and oxygen atoms in total. The summed E-state index contributed by atoms with van der Waals surface area (Å²) in [5.74, 6) is 0.372. The Bertz CT molecular complexity index is 1310. The van der Waals surface area contributed by atoms with Crippen LogP contribution in [-0.4, -0.2) is 30.2 Å². The van der Waals surface area contributed by atoms with Crippen molar-refractivity contribution >= 4 is 33.3 Å². The van der Waals surface area contributed by atoms with Gasteiger partial charge in [-0.15, -0.1) is 0 Å². The molecule has 0 aliphatic carbocycles. The minimum atomic E-state index is -1.36. The van der Waals surface area contributed by atoms with Crippen LogP contribution in [0.3, 0.4) is 0 Å². The predicted octanol–water partition coefficient (Wildman–Crippen LogP) is 3.44. The number of benzene rings is 1. The fourth-order valence-corrected chi connectivity index (χ4v) is 3.66. The van der Waals surface area contributed by atoms with Gasteiger partial charge in [-0.25, -0.2) is 19.4 Å². The standard InChI is InChI=1S/C19H15ClN4O3S/c1-10-7-11(2)16-12(8-10)19(25)27-18(22-16)14-9-15(28(3)26)23-24(14)17-13(20)5-4-6-21-17/h4-9H,1-3H3. The third kappa shape index (κ3) is 3.14. The van der Waals surface area contributed by atoms with Crippen molar-refractivity contribution < 1.29 is 8.63 Å². The van der Waals surface area contributed by atoms with Crippen LogP contribution in [0, 0.1) is 13.8 Å². The highest BCUT2D eigenvalue weighted by Gasteiger charge is 2.21. The molecule has 1 aromatic carbocycles. The molecule has 0 aliphatic rings. The van der Waals surface area contributed by atoms with Crippen molar-refractivity contribution in [2.45, 2.75) is 18.9 Å². The van der Waals surface area contributed by atoms with E-state index in [-0.39, 0.29) is 5.89 Å². The molecular weight excluding hydrogens is 400 g/mol. The van der Waals surface area contributed by atoms with Crippen LogP contribution in [0.5, 0.6) is 0 Å². The van der Waals surface area contributed by atoms with E-state index in [2.05, 4.69) is 15.1 Å². The van der Waals surface area contributed by atoms with Gasteiger partial charge in [0.25, 0.3) is 0 Å². The molecule has 0 amide bonds. The predicted molar refractivity (Wildman–Crippen MR) is 107 cm³/mol. The Kier molecular flexibility index (Phi) is 4.60. The van der Waals surface area contributed by atoms with Crippen molar-refractivity contribution in [1.82, 2.24) is 19.7 Å². The van der Waals surface area contributed by atoms with E-state index < -0.39 is 16.4 Å². The van der Waals surface area contributed by atoms with Crippen LogP contribution in [0.1, 0.15) is 11.1 Å². The molecule has 0 bridgehead atoms. The monoisotopic (exact) mass is 414 g/mol. The Hall–Kier alpha value is -2.84. The lowest BCUT2D eigenvalue weighted by atomic mass is 10.1. The van der Waals surface area contributed by atoms with E-state index in [0.717, 1.165) is 11.1 Å². The van der Waals surface area contributed by atoms with Crippen molar-refractivity contribution in [2.75, 3.05) is 6.26 Å². The average Bonchev–Trinajstić information content (AvgIpc) is 3.08. The number of pyridine rings is 1. The molecule has 28 heavy (non-hydrogen) atoms. The van der Waals surface area contributed by atoms with Crippen molar-refractivity contribution in [3.63, 3.8) is 0 Å². The summed E-state index contributed by atoms with van der Waals surface area (Å²) >= 11 is 6.26. The Morgan fingerprint density at radius 2 is 2.00 bits per heavy atom. The zero-order valence-corrected chi connectivity index (χ0v) is 16.8.